The highest BCUT2D eigenvalue weighted by Gasteiger charge is 2.24. The molecular formula is C15H17BrN2O2S. The van der Waals surface area contributed by atoms with Crippen molar-refractivity contribution in [3.05, 3.63) is 52.0 Å². The van der Waals surface area contributed by atoms with Gasteiger partial charge in [-0.15, -0.1) is 0 Å². The molecule has 0 bridgehead atoms. The van der Waals surface area contributed by atoms with Crippen molar-refractivity contribution in [3.8, 4) is 0 Å². The van der Waals surface area contributed by atoms with Gasteiger partial charge in [0.1, 0.15) is 0 Å². The second-order valence-electron chi connectivity index (χ2n) is 4.94. The Labute approximate surface area is 133 Å². The smallest absolute Gasteiger partial charge is 0.264 e. The summed E-state index contributed by atoms with van der Waals surface area (Å²) in [5.74, 6) is 0. The minimum Gasteiger partial charge on any atom is -0.397 e. The van der Waals surface area contributed by atoms with Gasteiger partial charge in [-0.1, -0.05) is 28.1 Å². The van der Waals surface area contributed by atoms with Crippen LogP contribution in [0.15, 0.2) is 45.8 Å². The first-order valence-electron chi connectivity index (χ1n) is 6.34. The van der Waals surface area contributed by atoms with Crippen LogP contribution in [0.1, 0.15) is 11.1 Å². The Kier molecular flexibility index (Phi) is 4.30. The second kappa shape index (κ2) is 5.69. The lowest BCUT2D eigenvalue weighted by Crippen LogP contribution is -2.28. The predicted octanol–water partition coefficient (Wildman–Crippen LogP) is 3.47. The van der Waals surface area contributed by atoms with Crippen molar-refractivity contribution in [3.63, 3.8) is 0 Å². The summed E-state index contributed by atoms with van der Waals surface area (Å²) in [6.07, 6.45) is 0. The lowest BCUT2D eigenvalue weighted by atomic mass is 10.2. The molecule has 21 heavy (non-hydrogen) atoms. The summed E-state index contributed by atoms with van der Waals surface area (Å²) in [5, 5.41) is 0. The van der Waals surface area contributed by atoms with E-state index in [0.717, 1.165) is 10.0 Å². The zero-order chi connectivity index (χ0) is 15.8. The number of sulfonamides is 1. The summed E-state index contributed by atoms with van der Waals surface area (Å²) in [6, 6.07) is 10.5. The summed E-state index contributed by atoms with van der Waals surface area (Å²) < 4.78 is 27.6. The van der Waals surface area contributed by atoms with Gasteiger partial charge in [-0.25, -0.2) is 8.42 Å². The van der Waals surface area contributed by atoms with Crippen molar-refractivity contribution in [2.45, 2.75) is 18.7 Å². The van der Waals surface area contributed by atoms with Crippen LogP contribution in [0, 0.1) is 13.8 Å². The monoisotopic (exact) mass is 368 g/mol. The average Bonchev–Trinajstić information content (AvgIpc) is 2.40. The minimum atomic E-state index is -3.64. The number of rotatable bonds is 3. The van der Waals surface area contributed by atoms with Gasteiger partial charge in [0.05, 0.1) is 16.3 Å². The zero-order valence-electron chi connectivity index (χ0n) is 12.1. The second-order valence-corrected chi connectivity index (χ2v) is 7.80. The predicted molar refractivity (Wildman–Crippen MR) is 90.1 cm³/mol. The number of benzene rings is 2. The van der Waals surface area contributed by atoms with E-state index in [0.29, 0.717) is 21.8 Å². The molecule has 0 aliphatic heterocycles. The first-order valence-corrected chi connectivity index (χ1v) is 8.58. The number of halogens is 1. The van der Waals surface area contributed by atoms with E-state index in [-0.39, 0.29) is 0 Å². The molecule has 0 fully saturated rings. The summed E-state index contributed by atoms with van der Waals surface area (Å²) in [4.78, 5) is 0.298. The van der Waals surface area contributed by atoms with E-state index in [9.17, 15) is 8.42 Å². The maximum Gasteiger partial charge on any atom is 0.264 e. The highest BCUT2D eigenvalue weighted by molar-refractivity contribution is 9.10. The maximum absolute atomic E-state index is 12.8. The van der Waals surface area contributed by atoms with Gasteiger partial charge in [0, 0.05) is 11.5 Å². The Hall–Kier alpha value is -1.53. The first-order chi connectivity index (χ1) is 9.73. The molecule has 0 saturated heterocycles. The van der Waals surface area contributed by atoms with Gasteiger partial charge in [-0.3, -0.25) is 4.31 Å². The molecule has 0 radical (unpaired) electrons. The number of nitrogen functional groups attached to an aromatic ring is 1. The Morgan fingerprint density at radius 3 is 2.38 bits per heavy atom. The summed E-state index contributed by atoms with van der Waals surface area (Å²) in [5.41, 5.74) is 8.40. The fraction of sp³-hybridized carbons (Fsp3) is 0.200. The van der Waals surface area contributed by atoms with Crippen LogP contribution in [0.25, 0.3) is 0 Å². The lowest BCUT2D eigenvalue weighted by molar-refractivity contribution is 0.593. The molecule has 0 aromatic heterocycles. The fourth-order valence-corrected chi connectivity index (χ4v) is 3.98. The molecule has 112 valence electrons. The van der Waals surface area contributed by atoms with Crippen LogP contribution in [0.3, 0.4) is 0 Å². The molecule has 6 heteroatoms. The van der Waals surface area contributed by atoms with E-state index in [1.54, 1.807) is 37.3 Å². The van der Waals surface area contributed by atoms with E-state index in [4.69, 9.17) is 5.73 Å². The molecule has 0 heterocycles. The van der Waals surface area contributed by atoms with Crippen LogP contribution in [-0.2, 0) is 10.0 Å². The van der Waals surface area contributed by atoms with Gasteiger partial charge in [-0.05, 0) is 49.2 Å². The average molecular weight is 369 g/mol. The molecule has 0 saturated carbocycles. The number of hydrogen-bond acceptors (Lipinski definition) is 3. The van der Waals surface area contributed by atoms with E-state index in [1.165, 1.54) is 11.4 Å². The van der Waals surface area contributed by atoms with E-state index < -0.39 is 10.0 Å². The Bertz CT molecular complexity index is 788. The van der Waals surface area contributed by atoms with Crippen molar-refractivity contribution >= 4 is 37.3 Å². The van der Waals surface area contributed by atoms with Crippen molar-refractivity contribution < 1.29 is 8.42 Å². The van der Waals surface area contributed by atoms with Crippen LogP contribution >= 0.6 is 15.9 Å². The standard InChI is InChI=1S/C15H17BrN2O2S/c1-10-4-5-11(2)15(8-10)21(19,20)18(3)14-7-6-12(16)9-13(14)17/h4-9H,17H2,1-3H3. The third-order valence-corrected chi connectivity index (χ3v) is 5.72. The molecule has 0 unspecified atom stereocenters. The zero-order valence-corrected chi connectivity index (χ0v) is 14.5. The first kappa shape index (κ1) is 15.9. The van der Waals surface area contributed by atoms with Crippen LogP contribution < -0.4 is 10.0 Å². The highest BCUT2D eigenvalue weighted by Crippen LogP contribution is 2.31. The molecule has 0 atom stereocenters. The molecule has 2 rings (SSSR count). The fourth-order valence-electron chi connectivity index (χ4n) is 2.07. The molecule has 2 N–H and O–H groups in total. The van der Waals surface area contributed by atoms with E-state index in [2.05, 4.69) is 15.9 Å². The van der Waals surface area contributed by atoms with Crippen LogP contribution in [0.2, 0.25) is 0 Å². The molecule has 0 amide bonds. The van der Waals surface area contributed by atoms with Crippen LogP contribution in [0.4, 0.5) is 11.4 Å². The maximum atomic E-state index is 12.8. The highest BCUT2D eigenvalue weighted by atomic mass is 79.9. The van der Waals surface area contributed by atoms with Gasteiger partial charge < -0.3 is 5.73 Å². The van der Waals surface area contributed by atoms with Crippen molar-refractivity contribution in [1.82, 2.24) is 0 Å². The molecule has 4 nitrogen and oxygen atoms in total. The lowest BCUT2D eigenvalue weighted by Gasteiger charge is -2.22. The van der Waals surface area contributed by atoms with Crippen LogP contribution in [-0.4, -0.2) is 15.5 Å². The summed E-state index contributed by atoms with van der Waals surface area (Å²) in [6.45, 7) is 3.65. The Balaban J connectivity index is 2.55. The Morgan fingerprint density at radius 1 is 1.10 bits per heavy atom. The van der Waals surface area contributed by atoms with E-state index in [1.807, 2.05) is 13.0 Å². The number of nitrogens with zero attached hydrogens (tertiary/aromatic N) is 1. The SMILES string of the molecule is Cc1ccc(C)c(S(=O)(=O)N(C)c2ccc(Br)cc2N)c1. The molecule has 0 aliphatic carbocycles. The summed E-state index contributed by atoms with van der Waals surface area (Å²) in [7, 11) is -2.13. The number of anilines is 2. The molecular weight excluding hydrogens is 352 g/mol. The minimum absolute atomic E-state index is 0.298. The van der Waals surface area contributed by atoms with Gasteiger partial charge in [0.2, 0.25) is 0 Å². The van der Waals surface area contributed by atoms with Crippen molar-refractivity contribution in [2.24, 2.45) is 0 Å². The quantitative estimate of drug-likeness (QED) is 0.843. The summed E-state index contributed by atoms with van der Waals surface area (Å²) >= 11 is 3.31. The third kappa shape index (κ3) is 3.06. The third-order valence-electron chi connectivity index (χ3n) is 3.31. The van der Waals surface area contributed by atoms with Gasteiger partial charge in [0.15, 0.2) is 0 Å². The van der Waals surface area contributed by atoms with Crippen molar-refractivity contribution in [1.29, 1.82) is 0 Å². The molecule has 2 aromatic carbocycles. The number of hydrogen-bond donors (Lipinski definition) is 1. The largest absolute Gasteiger partial charge is 0.397 e. The topological polar surface area (TPSA) is 63.4 Å². The van der Waals surface area contributed by atoms with E-state index >= 15 is 0 Å². The normalized spacial score (nSPS) is 11.4. The van der Waals surface area contributed by atoms with Gasteiger partial charge >= 0.3 is 0 Å². The molecule has 2 aromatic rings. The molecule has 0 spiro atoms. The number of nitrogens with two attached hydrogens (primary N) is 1. The van der Waals surface area contributed by atoms with Crippen LogP contribution in [0.5, 0.6) is 0 Å². The van der Waals surface area contributed by atoms with Crippen molar-refractivity contribution in [2.75, 3.05) is 17.1 Å². The van der Waals surface area contributed by atoms with Gasteiger partial charge in [-0.2, -0.15) is 0 Å². The Morgan fingerprint density at radius 2 is 1.76 bits per heavy atom. The number of aryl methyl sites for hydroxylation is 2. The van der Waals surface area contributed by atoms with Gasteiger partial charge in [0.25, 0.3) is 10.0 Å². The molecule has 0 aliphatic rings.